The van der Waals surface area contributed by atoms with Crippen LogP contribution in [0.5, 0.6) is 0 Å². The topological polar surface area (TPSA) is 237 Å². The summed E-state index contributed by atoms with van der Waals surface area (Å²) in [5, 5.41) is 16.1. The number of carbonyl (C=O) groups excluding carboxylic acids is 6. The van der Waals surface area contributed by atoms with Gasteiger partial charge in [0.05, 0.1) is 31.8 Å². The highest BCUT2D eigenvalue weighted by Gasteiger charge is 2.33. The molecule has 1 fully saturated rings. The van der Waals surface area contributed by atoms with Crippen molar-refractivity contribution in [2.24, 2.45) is 5.41 Å². The van der Waals surface area contributed by atoms with Gasteiger partial charge in [0, 0.05) is 86.6 Å². The summed E-state index contributed by atoms with van der Waals surface area (Å²) in [6, 6.07) is -0.944. The molecule has 0 radical (unpaired) electrons. The van der Waals surface area contributed by atoms with Crippen LogP contribution >= 0.6 is 7.82 Å². The van der Waals surface area contributed by atoms with Gasteiger partial charge >= 0.3 is 7.82 Å². The molecular formula is C31H59N8O10P. The van der Waals surface area contributed by atoms with E-state index in [1.165, 1.54) is 27.7 Å². The largest absolute Gasteiger partial charge is 0.472 e. The third-order valence-corrected chi connectivity index (χ3v) is 8.90. The second kappa shape index (κ2) is 23.3. The van der Waals surface area contributed by atoms with Crippen molar-refractivity contribution in [2.45, 2.75) is 79.4 Å². The number of rotatable bonds is 24. The van der Waals surface area contributed by atoms with Gasteiger partial charge in [-0.05, 0) is 31.1 Å². The average Bonchev–Trinajstić information content (AvgIpc) is 2.98. The third-order valence-electron chi connectivity index (χ3n) is 7.86. The zero-order valence-electron chi connectivity index (χ0n) is 30.4. The van der Waals surface area contributed by atoms with Crippen molar-refractivity contribution in [3.05, 3.63) is 0 Å². The molecule has 1 aliphatic rings. The summed E-state index contributed by atoms with van der Waals surface area (Å²) in [7, 11) is -4.52. The molecule has 50 heavy (non-hydrogen) atoms. The van der Waals surface area contributed by atoms with Crippen LogP contribution < -0.4 is 31.9 Å². The Morgan fingerprint density at radius 1 is 0.720 bits per heavy atom. The molecule has 2 atom stereocenters. The second-order valence-corrected chi connectivity index (χ2v) is 14.7. The first-order chi connectivity index (χ1) is 23.4. The molecule has 288 valence electrons. The number of carbonyl (C=O) groups is 6. The van der Waals surface area contributed by atoms with Crippen LogP contribution in [0, 0.1) is 5.41 Å². The summed E-state index contributed by atoms with van der Waals surface area (Å²) in [6.45, 7) is 11.2. The SMILES string of the molecule is CC(=O)NCCN(CCNC(C)=O)CC(=O)NCC(COP(=O)(O)OC1CCC(C)(C)CC1)NC(=O)CN(CCNC(C)=O)CCNC(C)=O. The Morgan fingerprint density at radius 2 is 1.12 bits per heavy atom. The third kappa shape index (κ3) is 23.3. The lowest BCUT2D eigenvalue weighted by Gasteiger charge is -2.34. The van der Waals surface area contributed by atoms with Crippen LogP contribution in [0.15, 0.2) is 0 Å². The van der Waals surface area contributed by atoms with E-state index in [0.29, 0.717) is 39.0 Å². The molecule has 7 N–H and O–H groups in total. The average molecular weight is 735 g/mol. The van der Waals surface area contributed by atoms with Crippen molar-refractivity contribution < 1.29 is 47.3 Å². The number of phosphoric ester groups is 1. The Morgan fingerprint density at radius 3 is 1.52 bits per heavy atom. The molecule has 0 bridgehead atoms. The molecule has 0 spiro atoms. The van der Waals surface area contributed by atoms with E-state index in [1.54, 1.807) is 9.80 Å². The van der Waals surface area contributed by atoms with Gasteiger partial charge < -0.3 is 36.8 Å². The Kier molecular flexibility index (Phi) is 21.0. The molecule has 19 heteroatoms. The van der Waals surface area contributed by atoms with Crippen molar-refractivity contribution in [2.75, 3.05) is 78.6 Å². The van der Waals surface area contributed by atoms with Gasteiger partial charge in [-0.3, -0.25) is 47.6 Å². The van der Waals surface area contributed by atoms with Crippen LogP contribution in [-0.2, 0) is 42.4 Å². The van der Waals surface area contributed by atoms with Crippen LogP contribution in [0.25, 0.3) is 0 Å². The Labute approximate surface area is 295 Å². The predicted octanol–water partition coefficient (Wildman–Crippen LogP) is -1.16. The predicted molar refractivity (Wildman–Crippen MR) is 185 cm³/mol. The first-order valence-electron chi connectivity index (χ1n) is 17.0. The fourth-order valence-electron chi connectivity index (χ4n) is 5.11. The monoisotopic (exact) mass is 734 g/mol. The first kappa shape index (κ1) is 44.9. The van der Waals surface area contributed by atoms with Gasteiger partial charge in [-0.15, -0.1) is 0 Å². The molecule has 6 amide bonds. The quantitative estimate of drug-likeness (QED) is 0.0582. The van der Waals surface area contributed by atoms with E-state index in [0.717, 1.165) is 12.8 Å². The summed E-state index contributed by atoms with van der Waals surface area (Å²) in [5.41, 5.74) is 0.120. The smallest absolute Gasteiger partial charge is 0.355 e. The molecule has 1 saturated carbocycles. The standard InChI is InChI=1S/C31H59N8O10P/c1-23(40)32-11-15-38(16-12-33-24(2)41)20-29(44)36-19-27(22-48-50(46,47)49-28-7-9-31(5,6)10-8-28)37-30(45)21-39(17-13-34-25(3)42)18-14-35-26(4)43/h27-28H,7-22H2,1-6H3,(H,32,40)(H,33,41)(H,34,42)(H,35,43)(H,36,44)(H,37,45)(H,46,47). The van der Waals surface area contributed by atoms with E-state index in [2.05, 4.69) is 45.7 Å². The summed E-state index contributed by atoms with van der Waals surface area (Å²) in [6.07, 6.45) is 2.41. The number of hydrogen-bond acceptors (Lipinski definition) is 11. The molecule has 0 aromatic rings. The van der Waals surface area contributed by atoms with E-state index in [1.807, 2.05) is 0 Å². The van der Waals surface area contributed by atoms with Gasteiger partial charge in [-0.1, -0.05) is 13.8 Å². The molecule has 18 nitrogen and oxygen atoms in total. The zero-order chi connectivity index (χ0) is 37.7. The lowest BCUT2D eigenvalue weighted by atomic mass is 9.76. The van der Waals surface area contributed by atoms with Crippen molar-refractivity contribution in [3.8, 4) is 0 Å². The van der Waals surface area contributed by atoms with Gasteiger partial charge in [0.2, 0.25) is 35.4 Å². The van der Waals surface area contributed by atoms with Crippen molar-refractivity contribution in [1.29, 1.82) is 0 Å². The van der Waals surface area contributed by atoms with E-state index in [9.17, 15) is 38.2 Å². The van der Waals surface area contributed by atoms with Crippen LogP contribution in [0.1, 0.15) is 67.2 Å². The lowest BCUT2D eigenvalue weighted by molar-refractivity contribution is -0.125. The number of nitrogens with zero attached hydrogens (tertiary/aromatic N) is 2. The van der Waals surface area contributed by atoms with E-state index < -0.39 is 38.4 Å². The Balaban J connectivity index is 2.95. The molecule has 0 aromatic carbocycles. The number of nitrogens with one attached hydrogen (secondary N) is 6. The summed E-state index contributed by atoms with van der Waals surface area (Å²) >= 11 is 0. The Hall–Kier alpha value is -3.15. The second-order valence-electron chi connectivity index (χ2n) is 13.3. The molecule has 1 aliphatic carbocycles. The van der Waals surface area contributed by atoms with Crippen molar-refractivity contribution >= 4 is 43.3 Å². The van der Waals surface area contributed by atoms with Crippen LogP contribution in [0.3, 0.4) is 0 Å². The maximum atomic E-state index is 13.2. The molecule has 0 aromatic heterocycles. The summed E-state index contributed by atoms with van der Waals surface area (Å²) in [4.78, 5) is 85.5. The highest BCUT2D eigenvalue weighted by molar-refractivity contribution is 7.47. The van der Waals surface area contributed by atoms with Gasteiger partial charge in [0.15, 0.2) is 0 Å². The minimum Gasteiger partial charge on any atom is -0.355 e. The normalized spacial score (nSPS) is 16.2. The molecule has 0 saturated heterocycles. The minimum absolute atomic E-state index is 0.0968. The van der Waals surface area contributed by atoms with Crippen molar-refractivity contribution in [3.63, 3.8) is 0 Å². The van der Waals surface area contributed by atoms with Gasteiger partial charge in [-0.2, -0.15) is 0 Å². The summed E-state index contributed by atoms with van der Waals surface area (Å²) < 4.78 is 23.7. The molecule has 0 aliphatic heterocycles. The molecule has 2 unspecified atom stereocenters. The fraction of sp³-hybridized carbons (Fsp3) is 0.806. The van der Waals surface area contributed by atoms with E-state index in [-0.39, 0.29) is 74.9 Å². The fourth-order valence-corrected chi connectivity index (χ4v) is 6.12. The van der Waals surface area contributed by atoms with Crippen molar-refractivity contribution in [1.82, 2.24) is 41.7 Å². The van der Waals surface area contributed by atoms with E-state index in [4.69, 9.17) is 9.05 Å². The number of phosphoric acid groups is 1. The van der Waals surface area contributed by atoms with Crippen LogP contribution in [0.4, 0.5) is 0 Å². The summed E-state index contributed by atoms with van der Waals surface area (Å²) in [5.74, 6) is -1.85. The van der Waals surface area contributed by atoms with Crippen LogP contribution in [-0.4, -0.2) is 141 Å². The molecular weight excluding hydrogens is 675 g/mol. The highest BCUT2D eigenvalue weighted by atomic mass is 31.2. The first-order valence-corrected chi connectivity index (χ1v) is 18.5. The van der Waals surface area contributed by atoms with Gasteiger partial charge in [0.1, 0.15) is 0 Å². The molecule has 0 heterocycles. The van der Waals surface area contributed by atoms with Gasteiger partial charge in [-0.25, -0.2) is 4.57 Å². The maximum Gasteiger partial charge on any atom is 0.472 e. The maximum absolute atomic E-state index is 13.2. The van der Waals surface area contributed by atoms with E-state index >= 15 is 0 Å². The van der Waals surface area contributed by atoms with Crippen LogP contribution in [0.2, 0.25) is 0 Å². The Bertz CT molecular complexity index is 1120. The highest BCUT2D eigenvalue weighted by Crippen LogP contribution is 2.48. The minimum atomic E-state index is -4.52. The number of amides is 6. The number of hydrogen-bond donors (Lipinski definition) is 7. The molecule has 1 rings (SSSR count). The zero-order valence-corrected chi connectivity index (χ0v) is 31.3. The van der Waals surface area contributed by atoms with Gasteiger partial charge in [0.25, 0.3) is 0 Å². The lowest BCUT2D eigenvalue weighted by Crippen LogP contribution is -2.51.